The number of nitrogens with two attached hydrogens (primary N) is 1. The molecule has 3 fully saturated rings. The van der Waals surface area contributed by atoms with E-state index in [1.165, 1.54) is 6.92 Å². The highest BCUT2D eigenvalue weighted by Gasteiger charge is 2.66. The minimum atomic E-state index is -1.63. The number of nitrogens with one attached hydrogen (secondary N) is 1. The van der Waals surface area contributed by atoms with Gasteiger partial charge < -0.3 is 39.8 Å². The zero-order valence-corrected chi connectivity index (χ0v) is 16.2. The van der Waals surface area contributed by atoms with Gasteiger partial charge in [-0.25, -0.2) is 0 Å². The maximum Gasteiger partial charge on any atom is 0.308 e. The van der Waals surface area contributed by atoms with Crippen molar-refractivity contribution in [2.45, 2.75) is 88.8 Å². The predicted octanol–water partition coefficient (Wildman–Crippen LogP) is -0.309. The van der Waals surface area contributed by atoms with E-state index in [1.54, 1.807) is 27.7 Å². The van der Waals surface area contributed by atoms with E-state index in [0.717, 1.165) is 0 Å². The second kappa shape index (κ2) is 6.64. The first-order valence-electron chi connectivity index (χ1n) is 8.99. The van der Waals surface area contributed by atoms with Crippen molar-refractivity contribution in [2.24, 2.45) is 5.73 Å². The minimum absolute atomic E-state index is 0.245. The second-order valence-corrected chi connectivity index (χ2v) is 8.21. The van der Waals surface area contributed by atoms with Gasteiger partial charge in [-0.05, 0) is 34.6 Å². The first-order valence-corrected chi connectivity index (χ1v) is 8.99. The summed E-state index contributed by atoms with van der Waals surface area (Å²) in [6, 6.07) is -0.850. The third kappa shape index (κ3) is 3.96. The van der Waals surface area contributed by atoms with Gasteiger partial charge in [0.25, 0.3) is 0 Å². The number of carboxylic acids is 1. The molecular weight excluding hydrogens is 360 g/mol. The van der Waals surface area contributed by atoms with Crippen molar-refractivity contribution in [3.8, 4) is 0 Å². The third-order valence-corrected chi connectivity index (χ3v) is 4.82. The smallest absolute Gasteiger partial charge is 0.308 e. The summed E-state index contributed by atoms with van der Waals surface area (Å²) < 4.78 is 29.5. The highest BCUT2D eigenvalue weighted by atomic mass is 16.8. The second-order valence-electron chi connectivity index (χ2n) is 8.21. The van der Waals surface area contributed by atoms with Crippen molar-refractivity contribution >= 4 is 11.9 Å². The average molecular weight is 388 g/mol. The van der Waals surface area contributed by atoms with E-state index in [-0.39, 0.29) is 6.61 Å². The van der Waals surface area contributed by atoms with E-state index in [0.29, 0.717) is 0 Å². The van der Waals surface area contributed by atoms with E-state index in [1.807, 2.05) is 0 Å². The Kier molecular flexibility index (Phi) is 5.03. The maximum atomic E-state index is 12.3. The molecule has 0 radical (unpaired) electrons. The summed E-state index contributed by atoms with van der Waals surface area (Å²) in [5.41, 5.74) is 4.03. The number of aliphatic carboxylic acids is 1. The number of hydrogen-bond acceptors (Lipinski definition) is 8. The Bertz CT molecular complexity index is 622. The number of carbonyl (C=O) groups excluding carboxylic acids is 1. The minimum Gasteiger partial charge on any atom is -0.481 e. The van der Waals surface area contributed by atoms with Gasteiger partial charge >= 0.3 is 5.97 Å². The molecule has 1 amide bonds. The number of carbonyl (C=O) groups is 2. The molecule has 6 atom stereocenters. The Morgan fingerprint density at radius 2 is 1.78 bits per heavy atom. The standard InChI is InChI=1S/C17H28N2O8/c1-8(18)14(22)19-17(6-10(20)21)13-12(25-16(4,5)27-13)11(26-17)9-7-23-15(2,3)24-9/h8-9,11-13H,6-7,18H2,1-5H3,(H,19,22)(H,20,21)/t8-,9+,11-,12-,13+,17+/m0/s1. The molecule has 0 unspecified atom stereocenters. The van der Waals surface area contributed by atoms with Crippen LogP contribution in [0.25, 0.3) is 0 Å². The molecule has 3 aliphatic rings. The highest BCUT2D eigenvalue weighted by molar-refractivity contribution is 5.82. The number of carboxylic acid groups (broad SMARTS) is 1. The molecule has 0 aromatic carbocycles. The fourth-order valence-corrected chi connectivity index (χ4v) is 3.77. The van der Waals surface area contributed by atoms with Crippen LogP contribution in [0.1, 0.15) is 41.0 Å². The van der Waals surface area contributed by atoms with Crippen molar-refractivity contribution < 1.29 is 38.4 Å². The van der Waals surface area contributed by atoms with E-state index < -0.39 is 66.1 Å². The van der Waals surface area contributed by atoms with Crippen LogP contribution in [0.3, 0.4) is 0 Å². The molecule has 0 aromatic heterocycles. The fraction of sp³-hybridized carbons (Fsp3) is 0.882. The molecule has 0 bridgehead atoms. The summed E-state index contributed by atoms with van der Waals surface area (Å²) >= 11 is 0. The Morgan fingerprint density at radius 3 is 2.30 bits per heavy atom. The first kappa shape index (κ1) is 20.4. The molecule has 3 aliphatic heterocycles. The normalized spacial score (nSPS) is 40.5. The van der Waals surface area contributed by atoms with Crippen LogP contribution in [0.5, 0.6) is 0 Å². The SMILES string of the molecule is C[C@H](N)C(=O)N[C@]1(CC(=O)O)O[C@@H]([C@H]2COC(C)(C)O2)[C@@H]2OC(C)(C)O[C@H]21. The van der Waals surface area contributed by atoms with Crippen LogP contribution in [-0.2, 0) is 33.3 Å². The van der Waals surface area contributed by atoms with E-state index in [9.17, 15) is 14.7 Å². The lowest BCUT2D eigenvalue weighted by Crippen LogP contribution is -2.60. The first-order chi connectivity index (χ1) is 12.3. The Hall–Kier alpha value is -1.30. The van der Waals surface area contributed by atoms with Crippen molar-refractivity contribution in [1.29, 1.82) is 0 Å². The molecular formula is C17H28N2O8. The summed E-state index contributed by atoms with van der Waals surface area (Å²) in [6.45, 7) is 8.74. The van der Waals surface area contributed by atoms with Gasteiger partial charge in [-0.1, -0.05) is 0 Å². The van der Waals surface area contributed by atoms with Crippen molar-refractivity contribution in [2.75, 3.05) is 6.61 Å². The summed E-state index contributed by atoms with van der Waals surface area (Å²) in [7, 11) is 0. The molecule has 10 nitrogen and oxygen atoms in total. The van der Waals surface area contributed by atoms with Gasteiger partial charge in [0.05, 0.1) is 19.1 Å². The summed E-state index contributed by atoms with van der Waals surface area (Å²) in [5, 5.41) is 12.1. The zero-order valence-electron chi connectivity index (χ0n) is 16.2. The van der Waals surface area contributed by atoms with Crippen LogP contribution >= 0.6 is 0 Å². The van der Waals surface area contributed by atoms with Gasteiger partial charge in [0.2, 0.25) is 5.91 Å². The lowest BCUT2D eigenvalue weighted by Gasteiger charge is -2.35. The molecule has 0 aromatic rings. The molecule has 3 saturated heterocycles. The van der Waals surface area contributed by atoms with E-state index in [2.05, 4.69) is 5.32 Å². The number of fused-ring (bicyclic) bond motifs is 1. The third-order valence-electron chi connectivity index (χ3n) is 4.82. The topological polar surface area (TPSA) is 139 Å². The molecule has 3 heterocycles. The molecule has 0 aliphatic carbocycles. The average Bonchev–Trinajstić information content (AvgIpc) is 3.10. The Balaban J connectivity index is 1.94. The van der Waals surface area contributed by atoms with E-state index in [4.69, 9.17) is 29.4 Å². The van der Waals surface area contributed by atoms with Gasteiger partial charge in [0, 0.05) is 0 Å². The van der Waals surface area contributed by atoms with Gasteiger partial charge in [-0.3, -0.25) is 9.59 Å². The maximum absolute atomic E-state index is 12.3. The quantitative estimate of drug-likeness (QED) is 0.579. The molecule has 0 spiro atoms. The van der Waals surface area contributed by atoms with E-state index >= 15 is 0 Å². The van der Waals surface area contributed by atoms with Gasteiger partial charge in [0.15, 0.2) is 17.3 Å². The highest BCUT2D eigenvalue weighted by Crippen LogP contribution is 2.47. The lowest BCUT2D eigenvalue weighted by molar-refractivity contribution is -0.235. The lowest BCUT2D eigenvalue weighted by atomic mass is 9.97. The van der Waals surface area contributed by atoms with Crippen LogP contribution in [-0.4, -0.2) is 71.3 Å². The zero-order chi connectivity index (χ0) is 20.2. The fourth-order valence-electron chi connectivity index (χ4n) is 3.77. The van der Waals surface area contributed by atoms with Crippen molar-refractivity contribution in [1.82, 2.24) is 5.32 Å². The predicted molar refractivity (Wildman–Crippen MR) is 90.4 cm³/mol. The Labute approximate surface area is 157 Å². The largest absolute Gasteiger partial charge is 0.481 e. The molecule has 10 heteroatoms. The molecule has 0 saturated carbocycles. The van der Waals surface area contributed by atoms with Gasteiger partial charge in [0.1, 0.15) is 24.4 Å². The van der Waals surface area contributed by atoms with Crippen LogP contribution in [0.2, 0.25) is 0 Å². The summed E-state index contributed by atoms with van der Waals surface area (Å²) in [6.07, 6.45) is -3.20. The van der Waals surface area contributed by atoms with Crippen molar-refractivity contribution in [3.63, 3.8) is 0 Å². The molecule has 154 valence electrons. The van der Waals surface area contributed by atoms with Crippen LogP contribution in [0.4, 0.5) is 0 Å². The molecule has 27 heavy (non-hydrogen) atoms. The number of ether oxygens (including phenoxy) is 5. The summed E-state index contributed by atoms with van der Waals surface area (Å²) in [5.74, 6) is -3.48. The number of hydrogen-bond donors (Lipinski definition) is 3. The number of rotatable bonds is 5. The molecule has 3 rings (SSSR count). The van der Waals surface area contributed by atoms with Gasteiger partial charge in [-0.15, -0.1) is 0 Å². The Morgan fingerprint density at radius 1 is 1.11 bits per heavy atom. The monoisotopic (exact) mass is 388 g/mol. The van der Waals surface area contributed by atoms with Crippen molar-refractivity contribution in [3.05, 3.63) is 0 Å². The van der Waals surface area contributed by atoms with Gasteiger partial charge in [-0.2, -0.15) is 0 Å². The number of amides is 1. The van der Waals surface area contributed by atoms with Crippen LogP contribution in [0, 0.1) is 0 Å². The molecule has 4 N–H and O–H groups in total. The van der Waals surface area contributed by atoms with Crippen LogP contribution in [0.15, 0.2) is 0 Å². The summed E-state index contributed by atoms with van der Waals surface area (Å²) in [4.78, 5) is 23.9. The van der Waals surface area contributed by atoms with Crippen LogP contribution < -0.4 is 11.1 Å².